The standard InChI is InChI=1S/C15H17N5O3/c1-7(2)13-16-5-4-9(17-13)8-6-10(21)18-14-11(8)12(19-20-14)15(22)23-3/h4-5,7-8H,6H2,1-3H3,(H2,18,19,20,21)/t8-/m0/s1. The van der Waals surface area contributed by atoms with Gasteiger partial charge in [-0.3, -0.25) is 9.89 Å². The van der Waals surface area contributed by atoms with Crippen LogP contribution in [0.2, 0.25) is 0 Å². The van der Waals surface area contributed by atoms with E-state index in [-0.39, 0.29) is 29.9 Å². The van der Waals surface area contributed by atoms with E-state index >= 15 is 0 Å². The lowest BCUT2D eigenvalue weighted by atomic mass is 9.88. The highest BCUT2D eigenvalue weighted by Gasteiger charge is 2.35. The summed E-state index contributed by atoms with van der Waals surface area (Å²) < 4.78 is 4.78. The number of ether oxygens (including phenoxy) is 1. The number of rotatable bonds is 3. The van der Waals surface area contributed by atoms with E-state index in [2.05, 4.69) is 25.5 Å². The van der Waals surface area contributed by atoms with Crippen LogP contribution in [0.25, 0.3) is 0 Å². The summed E-state index contributed by atoms with van der Waals surface area (Å²) in [5, 5.41) is 9.31. The molecule has 3 heterocycles. The van der Waals surface area contributed by atoms with Crippen LogP contribution in [0.15, 0.2) is 12.3 Å². The number of nitrogens with one attached hydrogen (secondary N) is 2. The second kappa shape index (κ2) is 5.79. The molecule has 120 valence electrons. The molecule has 8 nitrogen and oxygen atoms in total. The Kier molecular flexibility index (Phi) is 3.81. The first-order chi connectivity index (χ1) is 11.0. The first-order valence-electron chi connectivity index (χ1n) is 7.30. The molecule has 3 rings (SSSR count). The second-order valence-electron chi connectivity index (χ2n) is 5.65. The molecule has 2 aromatic heterocycles. The molecule has 1 aliphatic heterocycles. The molecule has 0 aliphatic carbocycles. The topological polar surface area (TPSA) is 110 Å². The summed E-state index contributed by atoms with van der Waals surface area (Å²) in [5.74, 6) is 0.131. The summed E-state index contributed by atoms with van der Waals surface area (Å²) in [6.45, 7) is 3.99. The van der Waals surface area contributed by atoms with E-state index in [0.29, 0.717) is 22.9 Å². The fourth-order valence-electron chi connectivity index (χ4n) is 2.63. The number of anilines is 1. The van der Waals surface area contributed by atoms with Gasteiger partial charge >= 0.3 is 5.97 Å². The van der Waals surface area contributed by atoms with Gasteiger partial charge in [-0.1, -0.05) is 13.8 Å². The van der Waals surface area contributed by atoms with E-state index in [9.17, 15) is 9.59 Å². The zero-order valence-corrected chi connectivity index (χ0v) is 13.1. The van der Waals surface area contributed by atoms with Crippen molar-refractivity contribution in [3.8, 4) is 0 Å². The van der Waals surface area contributed by atoms with Crippen molar-refractivity contribution in [1.29, 1.82) is 0 Å². The third kappa shape index (κ3) is 2.67. The third-order valence-corrected chi connectivity index (χ3v) is 3.76. The molecule has 0 spiro atoms. The Morgan fingerprint density at radius 3 is 2.91 bits per heavy atom. The molecule has 2 aromatic rings. The quantitative estimate of drug-likeness (QED) is 0.832. The number of hydrogen-bond acceptors (Lipinski definition) is 6. The maximum Gasteiger partial charge on any atom is 0.356 e. The smallest absolute Gasteiger partial charge is 0.356 e. The minimum absolute atomic E-state index is 0.163. The Labute approximate surface area is 132 Å². The van der Waals surface area contributed by atoms with Crippen LogP contribution in [-0.2, 0) is 9.53 Å². The number of amides is 1. The summed E-state index contributed by atoms with van der Waals surface area (Å²) in [7, 11) is 1.30. The molecule has 0 radical (unpaired) electrons. The van der Waals surface area contributed by atoms with Gasteiger partial charge in [0.1, 0.15) is 11.5 Å². The van der Waals surface area contributed by atoms with Gasteiger partial charge in [-0.05, 0) is 6.07 Å². The molecule has 0 saturated heterocycles. The van der Waals surface area contributed by atoms with E-state index in [4.69, 9.17) is 4.74 Å². The van der Waals surface area contributed by atoms with Gasteiger partial charge in [0.25, 0.3) is 0 Å². The van der Waals surface area contributed by atoms with Crippen molar-refractivity contribution in [3.05, 3.63) is 35.0 Å². The van der Waals surface area contributed by atoms with Crippen LogP contribution in [0, 0.1) is 0 Å². The number of fused-ring (bicyclic) bond motifs is 1. The Hall–Kier alpha value is -2.77. The molecule has 0 aromatic carbocycles. The van der Waals surface area contributed by atoms with E-state index in [0.717, 1.165) is 0 Å². The van der Waals surface area contributed by atoms with Gasteiger partial charge in [0.05, 0.1) is 12.8 Å². The van der Waals surface area contributed by atoms with Crippen LogP contribution in [0.4, 0.5) is 5.82 Å². The zero-order valence-electron chi connectivity index (χ0n) is 13.1. The van der Waals surface area contributed by atoms with Gasteiger partial charge in [-0.25, -0.2) is 14.8 Å². The highest BCUT2D eigenvalue weighted by atomic mass is 16.5. The summed E-state index contributed by atoms with van der Waals surface area (Å²) in [4.78, 5) is 32.7. The predicted octanol–water partition coefficient (Wildman–Crippen LogP) is 1.58. The fraction of sp³-hybridized carbons (Fsp3) is 0.400. The number of H-pyrrole nitrogens is 1. The van der Waals surface area contributed by atoms with E-state index in [1.807, 2.05) is 13.8 Å². The number of hydrogen-bond donors (Lipinski definition) is 2. The average molecular weight is 315 g/mol. The monoisotopic (exact) mass is 315 g/mol. The van der Waals surface area contributed by atoms with E-state index in [1.54, 1.807) is 12.3 Å². The molecule has 1 aliphatic rings. The van der Waals surface area contributed by atoms with Crippen molar-refractivity contribution in [2.24, 2.45) is 0 Å². The van der Waals surface area contributed by atoms with Crippen LogP contribution in [0.3, 0.4) is 0 Å². The lowest BCUT2D eigenvalue weighted by Crippen LogP contribution is -2.25. The molecule has 0 unspecified atom stereocenters. The lowest BCUT2D eigenvalue weighted by molar-refractivity contribution is -0.116. The molecule has 0 bridgehead atoms. The largest absolute Gasteiger partial charge is 0.464 e. The van der Waals surface area contributed by atoms with Gasteiger partial charge in [-0.15, -0.1) is 0 Å². The molecule has 0 fully saturated rings. The molecular formula is C15H17N5O3. The van der Waals surface area contributed by atoms with Gasteiger partial charge in [0.15, 0.2) is 5.82 Å². The lowest BCUT2D eigenvalue weighted by Gasteiger charge is -2.22. The minimum Gasteiger partial charge on any atom is -0.464 e. The summed E-state index contributed by atoms with van der Waals surface area (Å²) in [6.07, 6.45) is 1.85. The van der Waals surface area contributed by atoms with E-state index in [1.165, 1.54) is 7.11 Å². The highest BCUT2D eigenvalue weighted by molar-refractivity contribution is 5.98. The van der Waals surface area contributed by atoms with Crippen LogP contribution >= 0.6 is 0 Å². The van der Waals surface area contributed by atoms with Crippen LogP contribution in [-0.4, -0.2) is 39.2 Å². The summed E-state index contributed by atoms with van der Waals surface area (Å²) in [6, 6.07) is 1.76. The van der Waals surface area contributed by atoms with Crippen LogP contribution < -0.4 is 5.32 Å². The Morgan fingerprint density at radius 2 is 2.22 bits per heavy atom. The predicted molar refractivity (Wildman–Crippen MR) is 81.1 cm³/mol. The first kappa shape index (κ1) is 15.1. The van der Waals surface area contributed by atoms with E-state index < -0.39 is 5.97 Å². The minimum atomic E-state index is -0.530. The first-order valence-corrected chi connectivity index (χ1v) is 7.30. The number of nitrogens with zero attached hydrogens (tertiary/aromatic N) is 3. The van der Waals surface area contributed by atoms with Gasteiger partial charge in [0, 0.05) is 30.0 Å². The molecule has 0 saturated carbocycles. The van der Waals surface area contributed by atoms with Crippen molar-refractivity contribution in [2.45, 2.75) is 32.1 Å². The van der Waals surface area contributed by atoms with Crippen molar-refractivity contribution < 1.29 is 14.3 Å². The Bertz CT molecular complexity index is 768. The molecule has 1 amide bonds. The maximum atomic E-state index is 12.0. The normalized spacial score (nSPS) is 16.9. The Morgan fingerprint density at radius 1 is 1.43 bits per heavy atom. The van der Waals surface area contributed by atoms with Gasteiger partial charge < -0.3 is 10.1 Å². The van der Waals surface area contributed by atoms with Crippen LogP contribution in [0.1, 0.15) is 59.7 Å². The summed E-state index contributed by atoms with van der Waals surface area (Å²) in [5.41, 5.74) is 1.52. The summed E-state index contributed by atoms with van der Waals surface area (Å²) >= 11 is 0. The number of esters is 1. The van der Waals surface area contributed by atoms with Crippen LogP contribution in [0.5, 0.6) is 0 Å². The van der Waals surface area contributed by atoms with Crippen molar-refractivity contribution >= 4 is 17.7 Å². The van der Waals surface area contributed by atoms with Crippen molar-refractivity contribution in [3.63, 3.8) is 0 Å². The second-order valence-corrected chi connectivity index (χ2v) is 5.65. The van der Waals surface area contributed by atoms with Gasteiger partial charge in [0.2, 0.25) is 5.91 Å². The molecule has 23 heavy (non-hydrogen) atoms. The Balaban J connectivity index is 2.11. The number of aromatic amines is 1. The molecule has 1 atom stereocenters. The average Bonchev–Trinajstić information content (AvgIpc) is 2.97. The zero-order chi connectivity index (χ0) is 16.6. The third-order valence-electron chi connectivity index (χ3n) is 3.76. The van der Waals surface area contributed by atoms with Crippen molar-refractivity contribution in [1.82, 2.24) is 20.2 Å². The highest BCUT2D eigenvalue weighted by Crippen LogP contribution is 2.37. The fourth-order valence-corrected chi connectivity index (χ4v) is 2.63. The van der Waals surface area contributed by atoms with Crippen molar-refractivity contribution in [2.75, 3.05) is 12.4 Å². The number of aromatic nitrogens is 4. The SMILES string of the molecule is COC(=O)c1[nH]nc2c1[C@H](c1ccnc(C(C)C)n1)CC(=O)N2. The molecular weight excluding hydrogens is 298 g/mol. The number of carbonyl (C=O) groups excluding carboxylic acids is 2. The number of carbonyl (C=O) groups is 2. The molecule has 8 heteroatoms. The maximum absolute atomic E-state index is 12.0. The number of methoxy groups -OCH3 is 1. The van der Waals surface area contributed by atoms with Gasteiger partial charge in [-0.2, -0.15) is 5.10 Å². The molecule has 2 N–H and O–H groups in total.